The first kappa shape index (κ1) is 17.6. The van der Waals surface area contributed by atoms with Crippen LogP contribution in [0.15, 0.2) is 97.1 Å². The molecular formula is C24H17NO3. The molecule has 1 atom stereocenters. The molecule has 0 saturated heterocycles. The standard InChI is InChI=1S/C24H17NO3/c26-22(18-10-3-1-4-11-18)23(19-12-5-2-6-13-19)28-24(27)21-16-15-17-9-7-8-14-20(17)25-21/h1-16,23H/t23-/m0/s1. The molecule has 0 aliphatic rings. The third-order valence-electron chi connectivity index (χ3n) is 4.43. The maximum absolute atomic E-state index is 13.0. The number of ketones is 1. The number of ether oxygens (including phenoxy) is 1. The zero-order valence-electron chi connectivity index (χ0n) is 15.0. The first-order valence-electron chi connectivity index (χ1n) is 8.93. The molecule has 0 spiro atoms. The molecule has 1 aromatic heterocycles. The van der Waals surface area contributed by atoms with E-state index in [2.05, 4.69) is 4.98 Å². The van der Waals surface area contributed by atoms with Crippen LogP contribution in [0.25, 0.3) is 10.9 Å². The monoisotopic (exact) mass is 367 g/mol. The Morgan fingerprint density at radius 2 is 1.36 bits per heavy atom. The van der Waals surface area contributed by atoms with Crippen molar-refractivity contribution in [1.82, 2.24) is 4.98 Å². The van der Waals surface area contributed by atoms with Gasteiger partial charge in [-0.1, -0.05) is 84.9 Å². The molecule has 0 radical (unpaired) electrons. The first-order valence-corrected chi connectivity index (χ1v) is 8.93. The number of carbonyl (C=O) groups excluding carboxylic acids is 2. The summed E-state index contributed by atoms with van der Waals surface area (Å²) in [6.07, 6.45) is -1.04. The van der Waals surface area contributed by atoms with Crippen LogP contribution in [0.3, 0.4) is 0 Å². The van der Waals surface area contributed by atoms with Gasteiger partial charge in [0.05, 0.1) is 5.52 Å². The molecule has 0 aliphatic heterocycles. The Hall–Kier alpha value is -3.79. The van der Waals surface area contributed by atoms with Crippen LogP contribution in [-0.4, -0.2) is 16.7 Å². The largest absolute Gasteiger partial charge is 0.444 e. The van der Waals surface area contributed by atoms with E-state index in [1.807, 2.05) is 54.6 Å². The Labute approximate surface area is 162 Å². The van der Waals surface area contributed by atoms with Crippen LogP contribution in [0, 0.1) is 0 Å². The lowest BCUT2D eigenvalue weighted by Gasteiger charge is -2.17. The maximum Gasteiger partial charge on any atom is 0.358 e. The van der Waals surface area contributed by atoms with Crippen LogP contribution in [-0.2, 0) is 4.74 Å². The minimum Gasteiger partial charge on any atom is -0.444 e. The molecule has 0 N–H and O–H groups in total. The van der Waals surface area contributed by atoms with Gasteiger partial charge in [0.2, 0.25) is 5.78 Å². The molecule has 0 bridgehead atoms. The predicted molar refractivity (Wildman–Crippen MR) is 107 cm³/mol. The number of carbonyl (C=O) groups is 2. The minimum absolute atomic E-state index is 0.167. The molecule has 1 heterocycles. The van der Waals surface area contributed by atoms with E-state index in [9.17, 15) is 9.59 Å². The van der Waals surface area contributed by atoms with E-state index < -0.39 is 12.1 Å². The number of pyridine rings is 1. The van der Waals surface area contributed by atoms with E-state index in [-0.39, 0.29) is 11.5 Å². The fraction of sp³-hybridized carbons (Fsp3) is 0.0417. The smallest absolute Gasteiger partial charge is 0.358 e. The van der Waals surface area contributed by atoms with Crippen LogP contribution in [0.2, 0.25) is 0 Å². The first-order chi connectivity index (χ1) is 13.7. The van der Waals surface area contributed by atoms with Gasteiger partial charge in [0, 0.05) is 16.5 Å². The van der Waals surface area contributed by atoms with E-state index in [0.717, 1.165) is 5.39 Å². The number of aromatic nitrogens is 1. The van der Waals surface area contributed by atoms with Gasteiger partial charge in [-0.25, -0.2) is 9.78 Å². The highest BCUT2D eigenvalue weighted by molar-refractivity contribution is 6.02. The molecular weight excluding hydrogens is 350 g/mol. The van der Waals surface area contributed by atoms with Gasteiger partial charge in [0.15, 0.2) is 6.10 Å². The Morgan fingerprint density at radius 3 is 2.11 bits per heavy atom. The molecule has 4 nitrogen and oxygen atoms in total. The number of Topliss-reactive ketones (excluding diaryl/α,β-unsaturated/α-hetero) is 1. The highest BCUT2D eigenvalue weighted by Crippen LogP contribution is 2.24. The van der Waals surface area contributed by atoms with Gasteiger partial charge in [-0.2, -0.15) is 0 Å². The molecule has 0 unspecified atom stereocenters. The van der Waals surface area contributed by atoms with Crippen molar-refractivity contribution in [2.24, 2.45) is 0 Å². The molecule has 0 aliphatic carbocycles. The average molecular weight is 367 g/mol. The third-order valence-corrected chi connectivity index (χ3v) is 4.43. The number of rotatable bonds is 5. The summed E-state index contributed by atoms with van der Waals surface area (Å²) in [6, 6.07) is 28.8. The Morgan fingerprint density at radius 1 is 0.714 bits per heavy atom. The SMILES string of the molecule is O=C(O[C@H](C(=O)c1ccccc1)c1ccccc1)c1ccc2ccccc2n1. The number of benzene rings is 3. The number of para-hydroxylation sites is 1. The number of fused-ring (bicyclic) bond motifs is 1. The van der Waals surface area contributed by atoms with Crippen molar-refractivity contribution in [2.75, 3.05) is 0 Å². The van der Waals surface area contributed by atoms with Crippen molar-refractivity contribution in [3.8, 4) is 0 Å². The summed E-state index contributed by atoms with van der Waals surface area (Å²) in [5.41, 5.74) is 1.96. The zero-order valence-corrected chi connectivity index (χ0v) is 15.0. The fourth-order valence-corrected chi connectivity index (χ4v) is 3.00. The molecule has 0 amide bonds. The molecule has 28 heavy (non-hydrogen) atoms. The van der Waals surface area contributed by atoms with Gasteiger partial charge >= 0.3 is 5.97 Å². The molecule has 0 saturated carbocycles. The molecule has 3 aromatic carbocycles. The number of hydrogen-bond acceptors (Lipinski definition) is 4. The van der Waals surface area contributed by atoms with Gasteiger partial charge in [0.1, 0.15) is 5.69 Å². The Bertz CT molecular complexity index is 1120. The third kappa shape index (κ3) is 3.67. The van der Waals surface area contributed by atoms with Crippen LogP contribution in [0.1, 0.15) is 32.5 Å². The summed E-state index contributed by atoms with van der Waals surface area (Å²) >= 11 is 0. The molecule has 4 heteroatoms. The van der Waals surface area contributed by atoms with Crippen LogP contribution >= 0.6 is 0 Å². The van der Waals surface area contributed by atoms with Crippen molar-refractivity contribution in [3.63, 3.8) is 0 Å². The van der Waals surface area contributed by atoms with E-state index in [4.69, 9.17) is 4.74 Å². The topological polar surface area (TPSA) is 56.3 Å². The van der Waals surface area contributed by atoms with Gasteiger partial charge in [0.25, 0.3) is 0 Å². The molecule has 4 aromatic rings. The number of nitrogens with zero attached hydrogens (tertiary/aromatic N) is 1. The van der Waals surface area contributed by atoms with Crippen LogP contribution in [0.5, 0.6) is 0 Å². The van der Waals surface area contributed by atoms with E-state index in [0.29, 0.717) is 16.6 Å². The summed E-state index contributed by atoms with van der Waals surface area (Å²) in [5, 5.41) is 0.930. The average Bonchev–Trinajstić information content (AvgIpc) is 2.77. The van der Waals surface area contributed by atoms with Crippen molar-refractivity contribution in [3.05, 3.63) is 114 Å². The second-order valence-electron chi connectivity index (χ2n) is 6.32. The zero-order chi connectivity index (χ0) is 19.3. The van der Waals surface area contributed by atoms with E-state index in [1.165, 1.54) is 0 Å². The van der Waals surface area contributed by atoms with E-state index >= 15 is 0 Å². The Kier molecular flexibility index (Phi) is 4.93. The summed E-state index contributed by atoms with van der Waals surface area (Å²) in [6.45, 7) is 0. The highest BCUT2D eigenvalue weighted by Gasteiger charge is 2.27. The summed E-state index contributed by atoms with van der Waals surface area (Å²) in [4.78, 5) is 30.2. The summed E-state index contributed by atoms with van der Waals surface area (Å²) in [7, 11) is 0. The number of esters is 1. The van der Waals surface area contributed by atoms with E-state index in [1.54, 1.807) is 42.5 Å². The summed E-state index contributed by atoms with van der Waals surface area (Å²) in [5.74, 6) is -0.912. The van der Waals surface area contributed by atoms with Crippen LogP contribution in [0.4, 0.5) is 0 Å². The van der Waals surface area contributed by atoms with Gasteiger partial charge in [-0.3, -0.25) is 4.79 Å². The lowest BCUT2D eigenvalue weighted by molar-refractivity contribution is 0.0275. The molecule has 0 fully saturated rings. The second-order valence-corrected chi connectivity index (χ2v) is 6.32. The molecule has 4 rings (SSSR count). The highest BCUT2D eigenvalue weighted by atomic mass is 16.5. The lowest BCUT2D eigenvalue weighted by atomic mass is 10.00. The predicted octanol–water partition coefficient (Wildman–Crippen LogP) is 5.02. The summed E-state index contributed by atoms with van der Waals surface area (Å²) < 4.78 is 5.64. The number of hydrogen-bond donors (Lipinski definition) is 0. The molecule has 136 valence electrons. The fourth-order valence-electron chi connectivity index (χ4n) is 3.00. The van der Waals surface area contributed by atoms with Crippen molar-refractivity contribution < 1.29 is 14.3 Å². The van der Waals surface area contributed by atoms with Gasteiger partial charge in [-0.05, 0) is 12.1 Å². The Balaban J connectivity index is 1.66. The quantitative estimate of drug-likeness (QED) is 0.367. The normalized spacial score (nSPS) is 11.7. The van der Waals surface area contributed by atoms with Gasteiger partial charge in [-0.15, -0.1) is 0 Å². The second kappa shape index (κ2) is 7.84. The van der Waals surface area contributed by atoms with Crippen molar-refractivity contribution >= 4 is 22.7 Å². The van der Waals surface area contributed by atoms with Crippen LogP contribution < -0.4 is 0 Å². The van der Waals surface area contributed by atoms with Crippen molar-refractivity contribution in [1.29, 1.82) is 0 Å². The van der Waals surface area contributed by atoms with Crippen molar-refractivity contribution in [2.45, 2.75) is 6.10 Å². The lowest BCUT2D eigenvalue weighted by Crippen LogP contribution is -2.21. The minimum atomic E-state index is -1.04. The van der Waals surface area contributed by atoms with Gasteiger partial charge < -0.3 is 4.74 Å². The maximum atomic E-state index is 13.0.